The molecule has 0 radical (unpaired) electrons. The predicted molar refractivity (Wildman–Crippen MR) is 105 cm³/mol. The molecular formula is C20H30N2O5. The predicted octanol–water partition coefficient (Wildman–Crippen LogP) is 2.24. The first-order valence-corrected chi connectivity index (χ1v) is 9.03. The van der Waals surface area contributed by atoms with Crippen LogP contribution in [0.25, 0.3) is 6.08 Å². The molecule has 2 amide bonds. The van der Waals surface area contributed by atoms with Gasteiger partial charge in [-0.05, 0) is 36.6 Å². The maximum atomic E-state index is 12.7. The number of rotatable bonds is 12. The highest BCUT2D eigenvalue weighted by atomic mass is 16.5. The van der Waals surface area contributed by atoms with Crippen LogP contribution in [0.1, 0.15) is 32.3 Å². The van der Waals surface area contributed by atoms with Crippen LogP contribution in [0.4, 0.5) is 0 Å². The summed E-state index contributed by atoms with van der Waals surface area (Å²) in [5.41, 5.74) is 5.87. The van der Waals surface area contributed by atoms with Gasteiger partial charge in [0.15, 0.2) is 18.1 Å². The van der Waals surface area contributed by atoms with Crippen LogP contribution in [0.5, 0.6) is 11.5 Å². The summed E-state index contributed by atoms with van der Waals surface area (Å²) in [5.74, 6) is 0.249. The van der Waals surface area contributed by atoms with Gasteiger partial charge in [-0.25, -0.2) is 0 Å². The van der Waals surface area contributed by atoms with Crippen LogP contribution in [0.15, 0.2) is 24.3 Å². The normalized spacial score (nSPS) is 11.0. The number of carbonyl (C=O) groups excluding carboxylic acids is 2. The van der Waals surface area contributed by atoms with Crippen molar-refractivity contribution in [3.05, 3.63) is 29.8 Å². The van der Waals surface area contributed by atoms with Crippen molar-refractivity contribution in [1.29, 1.82) is 0 Å². The lowest BCUT2D eigenvalue weighted by Gasteiger charge is -2.29. The molecule has 7 heteroatoms. The minimum Gasteiger partial charge on any atom is -0.493 e. The molecule has 27 heavy (non-hydrogen) atoms. The van der Waals surface area contributed by atoms with E-state index in [4.69, 9.17) is 19.9 Å². The van der Waals surface area contributed by atoms with E-state index in [9.17, 15) is 9.59 Å². The molecule has 0 spiro atoms. The molecule has 0 unspecified atom stereocenters. The topological polar surface area (TPSA) is 91.1 Å². The quantitative estimate of drug-likeness (QED) is 0.563. The van der Waals surface area contributed by atoms with E-state index < -0.39 is 5.91 Å². The van der Waals surface area contributed by atoms with E-state index in [0.717, 1.165) is 18.4 Å². The number of primary amides is 1. The number of methoxy groups -OCH3 is 2. The second kappa shape index (κ2) is 12.0. The van der Waals surface area contributed by atoms with Crippen LogP contribution in [0.3, 0.4) is 0 Å². The Bertz CT molecular complexity index is 641. The van der Waals surface area contributed by atoms with Crippen molar-refractivity contribution in [2.75, 3.05) is 34.0 Å². The van der Waals surface area contributed by atoms with Crippen molar-refractivity contribution in [1.82, 2.24) is 4.90 Å². The molecule has 2 N–H and O–H groups in total. The summed E-state index contributed by atoms with van der Waals surface area (Å²) in [5, 5.41) is 0. The molecule has 0 aliphatic carbocycles. The minimum absolute atomic E-state index is 0.0613. The van der Waals surface area contributed by atoms with Crippen LogP contribution in [-0.2, 0) is 14.3 Å². The number of nitrogens with two attached hydrogens (primary N) is 1. The molecule has 7 nitrogen and oxygen atoms in total. The third-order valence-electron chi connectivity index (χ3n) is 4.18. The van der Waals surface area contributed by atoms with E-state index in [1.165, 1.54) is 7.11 Å². The van der Waals surface area contributed by atoms with Gasteiger partial charge in [-0.2, -0.15) is 0 Å². The standard InChI is InChI=1S/C20H30N2O5/c1-5-16(6-2)22(11-12-25-3)20(24)10-8-15-7-9-17(18(13-15)26-4)27-14-19(21)23/h7-10,13,16H,5-6,11-12,14H2,1-4H3,(H2,21,23)/b10-8+. The first-order chi connectivity index (χ1) is 13.0. The Labute approximate surface area is 161 Å². The average molecular weight is 378 g/mol. The van der Waals surface area contributed by atoms with Gasteiger partial charge >= 0.3 is 0 Å². The first-order valence-electron chi connectivity index (χ1n) is 9.03. The smallest absolute Gasteiger partial charge is 0.255 e. The number of benzene rings is 1. The number of amides is 2. The summed E-state index contributed by atoms with van der Waals surface area (Å²) in [6.07, 6.45) is 5.05. The molecule has 0 aliphatic heterocycles. The van der Waals surface area contributed by atoms with Gasteiger partial charge in [-0.15, -0.1) is 0 Å². The highest BCUT2D eigenvalue weighted by molar-refractivity contribution is 5.92. The molecule has 0 saturated heterocycles. The molecule has 1 rings (SSSR count). The van der Waals surface area contributed by atoms with Gasteiger partial charge in [-0.3, -0.25) is 9.59 Å². The van der Waals surface area contributed by atoms with Gasteiger partial charge in [-0.1, -0.05) is 19.9 Å². The Kier molecular flexibility index (Phi) is 9.96. The molecule has 0 saturated carbocycles. The van der Waals surface area contributed by atoms with Gasteiger partial charge in [0.1, 0.15) is 0 Å². The van der Waals surface area contributed by atoms with E-state index in [2.05, 4.69) is 13.8 Å². The molecule has 150 valence electrons. The molecule has 0 aromatic heterocycles. The summed E-state index contributed by atoms with van der Waals surface area (Å²) < 4.78 is 15.7. The van der Waals surface area contributed by atoms with Crippen molar-refractivity contribution in [2.24, 2.45) is 5.73 Å². The highest BCUT2D eigenvalue weighted by Crippen LogP contribution is 2.28. The third-order valence-corrected chi connectivity index (χ3v) is 4.18. The molecule has 0 heterocycles. The Hall–Kier alpha value is -2.54. The maximum absolute atomic E-state index is 12.7. The van der Waals surface area contributed by atoms with Crippen LogP contribution < -0.4 is 15.2 Å². The molecule has 0 fully saturated rings. The average Bonchev–Trinajstić information content (AvgIpc) is 2.67. The molecule has 1 aromatic carbocycles. The molecule has 0 bridgehead atoms. The zero-order chi connectivity index (χ0) is 20.2. The fraction of sp³-hybridized carbons (Fsp3) is 0.500. The summed E-state index contributed by atoms with van der Waals surface area (Å²) in [7, 11) is 3.13. The van der Waals surface area contributed by atoms with Crippen molar-refractivity contribution >= 4 is 17.9 Å². The maximum Gasteiger partial charge on any atom is 0.255 e. The highest BCUT2D eigenvalue weighted by Gasteiger charge is 2.18. The van der Waals surface area contributed by atoms with Gasteiger partial charge < -0.3 is 24.8 Å². The molecule has 1 aromatic rings. The SMILES string of the molecule is CCC(CC)N(CCOC)C(=O)/C=C/c1ccc(OCC(N)=O)c(OC)c1. The van der Waals surface area contributed by atoms with E-state index in [1.54, 1.807) is 37.5 Å². The second-order valence-corrected chi connectivity index (χ2v) is 5.99. The van der Waals surface area contributed by atoms with E-state index in [-0.39, 0.29) is 18.6 Å². The largest absolute Gasteiger partial charge is 0.493 e. The number of hydrogen-bond donors (Lipinski definition) is 1. The number of hydrogen-bond acceptors (Lipinski definition) is 5. The Morgan fingerprint density at radius 1 is 1.19 bits per heavy atom. The van der Waals surface area contributed by atoms with Crippen molar-refractivity contribution in [3.63, 3.8) is 0 Å². The van der Waals surface area contributed by atoms with Crippen LogP contribution >= 0.6 is 0 Å². The fourth-order valence-electron chi connectivity index (χ4n) is 2.71. The van der Waals surface area contributed by atoms with Crippen LogP contribution in [-0.4, -0.2) is 56.7 Å². The fourth-order valence-corrected chi connectivity index (χ4v) is 2.71. The van der Waals surface area contributed by atoms with Crippen LogP contribution in [0.2, 0.25) is 0 Å². The first kappa shape index (κ1) is 22.5. The minimum atomic E-state index is -0.566. The molecule has 0 aliphatic rings. The lowest BCUT2D eigenvalue weighted by molar-refractivity contribution is -0.129. The summed E-state index contributed by atoms with van der Waals surface area (Å²) >= 11 is 0. The lowest BCUT2D eigenvalue weighted by Crippen LogP contribution is -2.40. The van der Waals surface area contributed by atoms with Gasteiger partial charge in [0.2, 0.25) is 5.91 Å². The zero-order valence-electron chi connectivity index (χ0n) is 16.6. The van der Waals surface area contributed by atoms with Crippen molar-refractivity contribution in [3.8, 4) is 11.5 Å². The lowest BCUT2D eigenvalue weighted by atomic mass is 10.1. The number of nitrogens with zero attached hydrogens (tertiary/aromatic N) is 1. The Morgan fingerprint density at radius 3 is 2.44 bits per heavy atom. The van der Waals surface area contributed by atoms with Crippen molar-refractivity contribution in [2.45, 2.75) is 32.7 Å². The molecular weight excluding hydrogens is 348 g/mol. The second-order valence-electron chi connectivity index (χ2n) is 5.99. The van der Waals surface area contributed by atoms with Gasteiger partial charge in [0, 0.05) is 25.8 Å². The monoisotopic (exact) mass is 378 g/mol. The summed E-state index contributed by atoms with van der Waals surface area (Å²) in [4.78, 5) is 25.3. The number of carbonyl (C=O) groups is 2. The summed E-state index contributed by atoms with van der Waals surface area (Å²) in [6.45, 7) is 4.96. The van der Waals surface area contributed by atoms with Gasteiger partial charge in [0.05, 0.1) is 13.7 Å². The third kappa shape index (κ3) is 7.30. The summed E-state index contributed by atoms with van der Waals surface area (Å²) in [6, 6.07) is 5.36. The van der Waals surface area contributed by atoms with E-state index in [1.807, 2.05) is 4.90 Å². The van der Waals surface area contributed by atoms with E-state index >= 15 is 0 Å². The zero-order valence-corrected chi connectivity index (χ0v) is 16.6. The van der Waals surface area contributed by atoms with Crippen molar-refractivity contribution < 1.29 is 23.8 Å². The number of ether oxygens (including phenoxy) is 3. The molecule has 0 atom stereocenters. The van der Waals surface area contributed by atoms with Gasteiger partial charge in [0.25, 0.3) is 5.91 Å². The van der Waals surface area contributed by atoms with Crippen LogP contribution in [0, 0.1) is 0 Å². The van der Waals surface area contributed by atoms with E-state index in [0.29, 0.717) is 24.7 Å². The Morgan fingerprint density at radius 2 is 1.89 bits per heavy atom. The Balaban J connectivity index is 2.91.